The van der Waals surface area contributed by atoms with Crippen LogP contribution in [0.25, 0.3) is 0 Å². The van der Waals surface area contributed by atoms with Crippen LogP contribution in [-0.4, -0.2) is 27.0 Å². The monoisotopic (exact) mass is 245 g/mol. The standard InChI is InChI=1S/C10H12FNO3S/c1-7-5-8(3-4-9(7)11)10(13)6-12-16(2,14)15/h3-5,12H,6H2,1-2H3. The quantitative estimate of drug-likeness (QED) is 0.800. The Bertz CT molecular complexity index is 511. The minimum atomic E-state index is -3.39. The summed E-state index contributed by atoms with van der Waals surface area (Å²) in [6, 6.07) is 3.90. The third-order valence-electron chi connectivity index (χ3n) is 1.97. The van der Waals surface area contributed by atoms with Crippen LogP contribution in [0.2, 0.25) is 0 Å². The molecule has 0 aromatic heterocycles. The van der Waals surface area contributed by atoms with Crippen LogP contribution in [0.3, 0.4) is 0 Å². The van der Waals surface area contributed by atoms with E-state index in [0.29, 0.717) is 5.56 Å². The van der Waals surface area contributed by atoms with Gasteiger partial charge in [0.2, 0.25) is 10.0 Å². The highest BCUT2D eigenvalue weighted by molar-refractivity contribution is 7.88. The molecule has 0 saturated carbocycles. The lowest BCUT2D eigenvalue weighted by Gasteiger charge is -2.03. The zero-order chi connectivity index (χ0) is 12.3. The van der Waals surface area contributed by atoms with Crippen molar-refractivity contribution in [2.75, 3.05) is 12.8 Å². The van der Waals surface area contributed by atoms with E-state index in [4.69, 9.17) is 0 Å². The highest BCUT2D eigenvalue weighted by atomic mass is 32.2. The first-order valence-electron chi connectivity index (χ1n) is 4.53. The van der Waals surface area contributed by atoms with E-state index in [1.165, 1.54) is 25.1 Å². The summed E-state index contributed by atoms with van der Waals surface area (Å²) in [4.78, 5) is 11.5. The molecule has 1 rings (SSSR count). The number of hydrogen-bond donors (Lipinski definition) is 1. The summed E-state index contributed by atoms with van der Waals surface area (Å²) in [7, 11) is -3.39. The van der Waals surface area contributed by atoms with Gasteiger partial charge in [-0.1, -0.05) is 0 Å². The Morgan fingerprint density at radius 3 is 2.56 bits per heavy atom. The van der Waals surface area contributed by atoms with Gasteiger partial charge in [-0.3, -0.25) is 4.79 Å². The lowest BCUT2D eigenvalue weighted by molar-refractivity contribution is 0.0997. The van der Waals surface area contributed by atoms with Gasteiger partial charge in [0.1, 0.15) is 5.82 Å². The van der Waals surface area contributed by atoms with Gasteiger partial charge in [0.25, 0.3) is 0 Å². The second-order valence-electron chi connectivity index (χ2n) is 3.48. The van der Waals surface area contributed by atoms with E-state index in [1.54, 1.807) is 0 Å². The summed E-state index contributed by atoms with van der Waals surface area (Å²) in [5.74, 6) is -0.791. The Labute approximate surface area is 93.5 Å². The van der Waals surface area contributed by atoms with Gasteiger partial charge < -0.3 is 0 Å². The SMILES string of the molecule is Cc1cc(C(=O)CNS(C)(=O)=O)ccc1F. The maximum atomic E-state index is 12.9. The maximum absolute atomic E-state index is 12.9. The van der Waals surface area contributed by atoms with E-state index < -0.39 is 21.6 Å². The fraction of sp³-hybridized carbons (Fsp3) is 0.300. The molecule has 88 valence electrons. The second kappa shape index (κ2) is 4.71. The van der Waals surface area contributed by atoms with Gasteiger partial charge in [0.15, 0.2) is 5.78 Å². The molecule has 0 spiro atoms. The number of halogens is 1. The molecular weight excluding hydrogens is 233 g/mol. The van der Waals surface area contributed by atoms with E-state index >= 15 is 0 Å². The van der Waals surface area contributed by atoms with Crippen molar-refractivity contribution in [1.82, 2.24) is 4.72 Å². The minimum Gasteiger partial charge on any atom is -0.293 e. The van der Waals surface area contributed by atoms with Crippen LogP contribution >= 0.6 is 0 Å². The molecule has 0 radical (unpaired) electrons. The Morgan fingerprint density at radius 2 is 2.06 bits per heavy atom. The van der Waals surface area contributed by atoms with Crippen LogP contribution in [0, 0.1) is 12.7 Å². The number of carbonyl (C=O) groups excluding carboxylic acids is 1. The Balaban J connectivity index is 2.78. The van der Waals surface area contributed by atoms with Crippen molar-refractivity contribution in [3.8, 4) is 0 Å². The predicted octanol–water partition coefficient (Wildman–Crippen LogP) is 0.866. The van der Waals surface area contributed by atoms with Gasteiger partial charge in [-0.25, -0.2) is 17.5 Å². The number of ketones is 1. The van der Waals surface area contributed by atoms with Gasteiger partial charge in [0, 0.05) is 5.56 Å². The number of nitrogens with one attached hydrogen (secondary N) is 1. The van der Waals surface area contributed by atoms with Crippen LogP contribution in [0.1, 0.15) is 15.9 Å². The molecule has 0 atom stereocenters. The third-order valence-corrected chi connectivity index (χ3v) is 2.64. The minimum absolute atomic E-state index is 0.287. The molecule has 0 bridgehead atoms. The molecule has 0 heterocycles. The van der Waals surface area contributed by atoms with E-state index in [0.717, 1.165) is 6.26 Å². The number of sulfonamides is 1. The van der Waals surface area contributed by atoms with Crippen molar-refractivity contribution in [1.29, 1.82) is 0 Å². The number of carbonyl (C=O) groups is 1. The van der Waals surface area contributed by atoms with Gasteiger partial charge >= 0.3 is 0 Å². The molecule has 0 aliphatic heterocycles. The van der Waals surface area contributed by atoms with E-state index in [2.05, 4.69) is 4.72 Å². The fourth-order valence-electron chi connectivity index (χ4n) is 1.12. The first-order valence-corrected chi connectivity index (χ1v) is 6.43. The Kier molecular flexibility index (Phi) is 3.77. The Hall–Kier alpha value is -1.27. The Morgan fingerprint density at radius 1 is 1.44 bits per heavy atom. The third kappa shape index (κ3) is 3.71. The van der Waals surface area contributed by atoms with Crippen molar-refractivity contribution in [2.45, 2.75) is 6.92 Å². The van der Waals surface area contributed by atoms with Crippen molar-refractivity contribution in [3.05, 3.63) is 35.1 Å². The van der Waals surface area contributed by atoms with Crippen LogP contribution < -0.4 is 4.72 Å². The number of benzene rings is 1. The summed E-state index contributed by atoms with van der Waals surface area (Å²) < 4.78 is 36.5. The second-order valence-corrected chi connectivity index (χ2v) is 5.31. The predicted molar refractivity (Wildman–Crippen MR) is 58.3 cm³/mol. The molecule has 6 heteroatoms. The molecular formula is C10H12FNO3S. The molecule has 0 fully saturated rings. The molecule has 0 amide bonds. The maximum Gasteiger partial charge on any atom is 0.209 e. The molecule has 0 unspecified atom stereocenters. The first-order chi connectivity index (χ1) is 7.29. The van der Waals surface area contributed by atoms with Gasteiger partial charge in [-0.15, -0.1) is 0 Å². The molecule has 0 saturated heterocycles. The lowest BCUT2D eigenvalue weighted by atomic mass is 10.1. The molecule has 0 aliphatic carbocycles. The van der Waals surface area contributed by atoms with E-state index in [-0.39, 0.29) is 12.1 Å². The summed E-state index contributed by atoms with van der Waals surface area (Å²) in [5.41, 5.74) is 0.639. The number of Topliss-reactive ketones (excluding diaryl/α,β-unsaturated/α-hetero) is 1. The van der Waals surface area contributed by atoms with E-state index in [9.17, 15) is 17.6 Å². The highest BCUT2D eigenvalue weighted by Gasteiger charge is 2.10. The number of aryl methyl sites for hydroxylation is 1. The van der Waals surface area contributed by atoms with Gasteiger partial charge in [0.05, 0.1) is 12.8 Å². The molecule has 1 N–H and O–H groups in total. The molecule has 0 aliphatic rings. The van der Waals surface area contributed by atoms with Crippen molar-refractivity contribution < 1.29 is 17.6 Å². The van der Waals surface area contributed by atoms with Crippen LogP contribution in [0.4, 0.5) is 4.39 Å². The fourth-order valence-corrected chi connectivity index (χ4v) is 1.51. The van der Waals surface area contributed by atoms with Gasteiger partial charge in [-0.2, -0.15) is 0 Å². The first kappa shape index (κ1) is 12.8. The average Bonchev–Trinajstić information content (AvgIpc) is 2.17. The smallest absolute Gasteiger partial charge is 0.209 e. The zero-order valence-electron chi connectivity index (χ0n) is 8.95. The molecule has 1 aromatic carbocycles. The summed E-state index contributed by atoms with van der Waals surface area (Å²) in [5, 5.41) is 0. The van der Waals surface area contributed by atoms with Crippen molar-refractivity contribution in [2.24, 2.45) is 0 Å². The van der Waals surface area contributed by atoms with Crippen LogP contribution in [0.15, 0.2) is 18.2 Å². The molecule has 16 heavy (non-hydrogen) atoms. The lowest BCUT2D eigenvalue weighted by Crippen LogP contribution is -2.28. The largest absolute Gasteiger partial charge is 0.293 e. The van der Waals surface area contributed by atoms with Crippen LogP contribution in [0.5, 0.6) is 0 Å². The van der Waals surface area contributed by atoms with E-state index in [1.807, 2.05) is 0 Å². The van der Waals surface area contributed by atoms with Gasteiger partial charge in [-0.05, 0) is 30.7 Å². The normalized spacial score (nSPS) is 11.4. The topological polar surface area (TPSA) is 63.2 Å². The van der Waals surface area contributed by atoms with Crippen LogP contribution in [-0.2, 0) is 10.0 Å². The molecule has 4 nitrogen and oxygen atoms in total. The number of rotatable bonds is 4. The number of hydrogen-bond acceptors (Lipinski definition) is 3. The molecule has 1 aromatic rings. The summed E-state index contributed by atoms with van der Waals surface area (Å²) in [6.07, 6.45) is 0.968. The highest BCUT2D eigenvalue weighted by Crippen LogP contribution is 2.09. The average molecular weight is 245 g/mol. The van der Waals surface area contributed by atoms with Crippen molar-refractivity contribution >= 4 is 15.8 Å². The van der Waals surface area contributed by atoms with Crippen molar-refractivity contribution in [3.63, 3.8) is 0 Å². The zero-order valence-corrected chi connectivity index (χ0v) is 9.77. The summed E-state index contributed by atoms with van der Waals surface area (Å²) >= 11 is 0. The summed E-state index contributed by atoms with van der Waals surface area (Å²) in [6.45, 7) is 1.22.